The summed E-state index contributed by atoms with van der Waals surface area (Å²) in [4.78, 5) is 15.4. The first-order valence-corrected chi connectivity index (χ1v) is 12.0. The lowest BCUT2D eigenvalue weighted by Crippen LogP contribution is -2.47. The van der Waals surface area contributed by atoms with Crippen molar-refractivity contribution in [2.45, 2.75) is 43.0 Å². The summed E-state index contributed by atoms with van der Waals surface area (Å²) in [6.07, 6.45) is 5.73. The molecular formula is C23H23N3O5S. The van der Waals surface area contributed by atoms with Gasteiger partial charge in [0.25, 0.3) is 5.91 Å². The molecule has 0 saturated heterocycles. The third-order valence-electron chi connectivity index (χ3n) is 6.06. The van der Waals surface area contributed by atoms with Crippen molar-refractivity contribution in [2.75, 3.05) is 0 Å². The number of rotatable bonds is 6. The van der Waals surface area contributed by atoms with E-state index in [2.05, 4.69) is 9.71 Å². The lowest BCUT2D eigenvalue weighted by atomic mass is 9.96. The van der Waals surface area contributed by atoms with Crippen LogP contribution in [0.2, 0.25) is 0 Å². The molecule has 0 saturated carbocycles. The summed E-state index contributed by atoms with van der Waals surface area (Å²) in [7, 11) is -4.06. The number of carbonyl (C=O) groups excluding carboxylic acids is 1. The smallest absolute Gasteiger partial charge is 0.261 e. The van der Waals surface area contributed by atoms with Crippen molar-refractivity contribution in [2.24, 2.45) is 0 Å². The quantitative estimate of drug-likeness (QED) is 0.264. The van der Waals surface area contributed by atoms with Gasteiger partial charge in [0, 0.05) is 40.5 Å². The van der Waals surface area contributed by atoms with E-state index >= 15 is 0 Å². The number of hydroxylamine groups is 1. The molecule has 0 aliphatic heterocycles. The molecule has 8 nitrogen and oxygen atoms in total. The monoisotopic (exact) mass is 453 g/mol. The number of amides is 1. The van der Waals surface area contributed by atoms with E-state index in [4.69, 9.17) is 4.42 Å². The van der Waals surface area contributed by atoms with Gasteiger partial charge in [-0.05, 0) is 49.4 Å². The molecule has 1 atom stereocenters. The van der Waals surface area contributed by atoms with Gasteiger partial charge in [-0.25, -0.2) is 13.9 Å². The Hall–Kier alpha value is -3.14. The highest BCUT2D eigenvalue weighted by molar-refractivity contribution is 7.89. The zero-order valence-electron chi connectivity index (χ0n) is 17.2. The number of benzene rings is 2. The molecule has 0 spiro atoms. The van der Waals surface area contributed by atoms with Crippen LogP contribution in [-0.4, -0.2) is 30.6 Å². The summed E-state index contributed by atoms with van der Waals surface area (Å²) in [5, 5.41) is 11.0. The average Bonchev–Trinajstić information content (AvgIpc) is 3.38. The molecule has 4 aromatic rings. The number of nitrogens with one attached hydrogen (secondary N) is 3. The van der Waals surface area contributed by atoms with Crippen molar-refractivity contribution in [1.29, 1.82) is 0 Å². The van der Waals surface area contributed by atoms with Gasteiger partial charge in [0.2, 0.25) is 10.0 Å². The van der Waals surface area contributed by atoms with Crippen molar-refractivity contribution in [3.63, 3.8) is 0 Å². The normalized spacial score (nSPS) is 15.0. The number of sulfonamides is 1. The van der Waals surface area contributed by atoms with Crippen LogP contribution in [0.1, 0.15) is 29.7 Å². The van der Waals surface area contributed by atoms with Crippen LogP contribution in [0, 0.1) is 0 Å². The highest BCUT2D eigenvalue weighted by Crippen LogP contribution is 2.33. The van der Waals surface area contributed by atoms with Gasteiger partial charge in [0.1, 0.15) is 17.4 Å². The highest BCUT2D eigenvalue weighted by Gasteiger charge is 2.28. The van der Waals surface area contributed by atoms with E-state index in [0.29, 0.717) is 5.58 Å². The fraction of sp³-hybridized carbons (Fsp3) is 0.261. The molecule has 0 bridgehead atoms. The zero-order chi connectivity index (χ0) is 22.3. The minimum atomic E-state index is -4.06. The van der Waals surface area contributed by atoms with Gasteiger partial charge in [0.05, 0.1) is 4.90 Å². The number of furan rings is 1. The Kier molecular flexibility index (Phi) is 5.24. The van der Waals surface area contributed by atoms with Crippen LogP contribution in [0.25, 0.3) is 21.9 Å². The molecule has 166 valence electrons. The summed E-state index contributed by atoms with van der Waals surface area (Å²) >= 11 is 0. The van der Waals surface area contributed by atoms with Crippen molar-refractivity contribution < 1.29 is 22.8 Å². The number of H-pyrrole nitrogens is 1. The fourth-order valence-electron chi connectivity index (χ4n) is 4.45. The summed E-state index contributed by atoms with van der Waals surface area (Å²) in [5.41, 5.74) is 4.88. The Balaban J connectivity index is 1.45. The second-order valence-electron chi connectivity index (χ2n) is 8.08. The molecule has 0 unspecified atom stereocenters. The first kappa shape index (κ1) is 20.7. The second-order valence-corrected chi connectivity index (χ2v) is 9.80. The molecule has 9 heteroatoms. The van der Waals surface area contributed by atoms with Crippen LogP contribution in [0.15, 0.2) is 58.0 Å². The molecule has 2 aromatic carbocycles. The summed E-state index contributed by atoms with van der Waals surface area (Å²) in [6.45, 7) is 0. The van der Waals surface area contributed by atoms with E-state index in [0.717, 1.165) is 58.9 Å². The van der Waals surface area contributed by atoms with Crippen LogP contribution in [0.5, 0.6) is 0 Å². The van der Waals surface area contributed by atoms with Gasteiger partial charge < -0.3 is 9.40 Å². The largest absolute Gasteiger partial charge is 0.461 e. The molecule has 1 amide bonds. The number of aryl methyl sites for hydroxylation is 2. The first-order chi connectivity index (χ1) is 15.5. The molecule has 32 heavy (non-hydrogen) atoms. The van der Waals surface area contributed by atoms with Crippen LogP contribution in [-0.2, 0) is 34.1 Å². The number of fused-ring (bicyclic) bond motifs is 4. The molecule has 2 heterocycles. The van der Waals surface area contributed by atoms with E-state index < -0.39 is 22.0 Å². The van der Waals surface area contributed by atoms with Crippen LogP contribution >= 0.6 is 0 Å². The highest BCUT2D eigenvalue weighted by atomic mass is 32.2. The maximum atomic E-state index is 13.1. The van der Waals surface area contributed by atoms with E-state index in [9.17, 15) is 18.4 Å². The SMILES string of the molecule is O=C(NO)[C@H](Cc1c[nH]c2ccccc12)NS(=O)(=O)c1ccc2c3c(oc2c1)CCCC3. The number of aromatic nitrogens is 1. The minimum Gasteiger partial charge on any atom is -0.461 e. The molecular weight excluding hydrogens is 430 g/mol. The van der Waals surface area contributed by atoms with Gasteiger partial charge in [-0.3, -0.25) is 10.0 Å². The summed E-state index contributed by atoms with van der Waals surface area (Å²) in [5.74, 6) is 0.0824. The maximum Gasteiger partial charge on any atom is 0.261 e. The molecule has 5 rings (SSSR count). The number of para-hydroxylation sites is 1. The van der Waals surface area contributed by atoms with Crippen LogP contribution in [0.3, 0.4) is 0 Å². The third kappa shape index (κ3) is 3.68. The average molecular weight is 454 g/mol. The predicted octanol–water partition coefficient (Wildman–Crippen LogP) is 3.19. The molecule has 1 aliphatic rings. The number of hydrogen-bond donors (Lipinski definition) is 4. The Morgan fingerprint density at radius 1 is 1.12 bits per heavy atom. The van der Waals surface area contributed by atoms with E-state index in [-0.39, 0.29) is 11.3 Å². The first-order valence-electron chi connectivity index (χ1n) is 10.5. The lowest BCUT2D eigenvalue weighted by molar-refractivity contribution is -0.130. The fourth-order valence-corrected chi connectivity index (χ4v) is 5.66. The van der Waals surface area contributed by atoms with Gasteiger partial charge in [-0.1, -0.05) is 18.2 Å². The standard InChI is InChI=1S/C23H23N3O5S/c27-23(25-28)20(11-14-13-24-19-7-3-1-5-16(14)19)26-32(29,30)15-9-10-18-17-6-2-4-8-21(17)31-22(18)12-15/h1,3,5,7,9-10,12-13,20,24,26,28H,2,4,6,8,11H2,(H,25,27)/t20-/m0/s1. The second kappa shape index (κ2) is 8.09. The maximum absolute atomic E-state index is 13.1. The number of carbonyl (C=O) groups is 1. The van der Waals surface area contributed by atoms with Crippen molar-refractivity contribution in [1.82, 2.24) is 15.2 Å². The Bertz CT molecular complexity index is 1420. The van der Waals surface area contributed by atoms with Gasteiger partial charge in [-0.15, -0.1) is 0 Å². The summed E-state index contributed by atoms with van der Waals surface area (Å²) < 4.78 is 34.6. The molecule has 4 N–H and O–H groups in total. The topological polar surface area (TPSA) is 124 Å². The van der Waals surface area contributed by atoms with E-state index in [1.54, 1.807) is 17.7 Å². The molecule has 1 aliphatic carbocycles. The van der Waals surface area contributed by atoms with Gasteiger partial charge in [-0.2, -0.15) is 4.72 Å². The van der Waals surface area contributed by atoms with Crippen molar-refractivity contribution in [3.8, 4) is 0 Å². The third-order valence-corrected chi connectivity index (χ3v) is 7.53. The molecule has 0 fully saturated rings. The van der Waals surface area contributed by atoms with Crippen LogP contribution in [0.4, 0.5) is 0 Å². The Labute approximate surface area is 184 Å². The van der Waals surface area contributed by atoms with Gasteiger partial charge in [0.15, 0.2) is 0 Å². The summed E-state index contributed by atoms with van der Waals surface area (Å²) in [6, 6.07) is 11.1. The van der Waals surface area contributed by atoms with E-state index in [1.807, 2.05) is 24.3 Å². The molecule has 2 aromatic heterocycles. The van der Waals surface area contributed by atoms with Gasteiger partial charge >= 0.3 is 0 Å². The predicted molar refractivity (Wildman–Crippen MR) is 119 cm³/mol. The van der Waals surface area contributed by atoms with Crippen LogP contribution < -0.4 is 10.2 Å². The number of hydrogen-bond acceptors (Lipinski definition) is 5. The van der Waals surface area contributed by atoms with Crippen molar-refractivity contribution >= 4 is 37.8 Å². The minimum absolute atomic E-state index is 0.00534. The van der Waals surface area contributed by atoms with E-state index in [1.165, 1.54) is 12.1 Å². The molecule has 0 radical (unpaired) electrons. The Morgan fingerprint density at radius 2 is 1.94 bits per heavy atom. The lowest BCUT2D eigenvalue weighted by Gasteiger charge is -2.17. The number of aromatic amines is 1. The zero-order valence-corrected chi connectivity index (χ0v) is 18.0. The Morgan fingerprint density at radius 3 is 2.78 bits per heavy atom. The van der Waals surface area contributed by atoms with Crippen molar-refractivity contribution in [3.05, 3.63) is 65.5 Å².